The molecule has 5 nitrogen and oxygen atoms in total. The lowest BCUT2D eigenvalue weighted by atomic mass is 10.2. The third-order valence-corrected chi connectivity index (χ3v) is 4.02. The molecule has 0 radical (unpaired) electrons. The molecule has 0 saturated carbocycles. The number of hydrogen-bond acceptors (Lipinski definition) is 4. The smallest absolute Gasteiger partial charge is 0.433 e. The molecule has 3 aromatic rings. The van der Waals surface area contributed by atoms with E-state index in [2.05, 4.69) is 31.2 Å². The van der Waals surface area contributed by atoms with Gasteiger partial charge in [0.2, 0.25) is 5.88 Å². The molecule has 9 heteroatoms. The highest BCUT2D eigenvalue weighted by Gasteiger charge is 2.33. The van der Waals surface area contributed by atoms with Gasteiger partial charge in [0.25, 0.3) is 5.91 Å². The summed E-state index contributed by atoms with van der Waals surface area (Å²) in [5.41, 5.74) is -0.0917. The Labute approximate surface area is 166 Å². The SMILES string of the molecule is Cc1nc(Oc2ccc(NC(=O)c3cccc(Br)c3)cc2)cc(C(F)(F)F)n1. The molecule has 0 saturated heterocycles. The number of aromatic nitrogens is 2. The van der Waals surface area contributed by atoms with Crippen LogP contribution < -0.4 is 10.1 Å². The first kappa shape index (κ1) is 19.8. The normalized spacial score (nSPS) is 11.2. The van der Waals surface area contributed by atoms with Crippen molar-refractivity contribution in [1.29, 1.82) is 0 Å². The summed E-state index contributed by atoms with van der Waals surface area (Å²) in [4.78, 5) is 19.4. The molecule has 1 amide bonds. The van der Waals surface area contributed by atoms with E-state index in [0.29, 0.717) is 11.3 Å². The molecule has 0 aliphatic carbocycles. The van der Waals surface area contributed by atoms with Crippen LogP contribution in [-0.4, -0.2) is 15.9 Å². The lowest BCUT2D eigenvalue weighted by Gasteiger charge is -2.10. The van der Waals surface area contributed by atoms with Gasteiger partial charge in [0.15, 0.2) is 5.69 Å². The molecule has 0 fully saturated rings. The number of carbonyl (C=O) groups is 1. The van der Waals surface area contributed by atoms with Crippen LogP contribution in [-0.2, 0) is 6.18 Å². The maximum atomic E-state index is 12.8. The third-order valence-electron chi connectivity index (χ3n) is 3.53. The molecule has 1 heterocycles. The zero-order valence-corrected chi connectivity index (χ0v) is 16.0. The van der Waals surface area contributed by atoms with E-state index in [1.165, 1.54) is 19.1 Å². The number of amides is 1. The van der Waals surface area contributed by atoms with Crippen molar-refractivity contribution in [1.82, 2.24) is 9.97 Å². The summed E-state index contributed by atoms with van der Waals surface area (Å²) in [6, 6.07) is 13.8. The summed E-state index contributed by atoms with van der Waals surface area (Å²) in [6.45, 7) is 1.35. The molecule has 0 unspecified atom stereocenters. The molecule has 1 N–H and O–H groups in total. The zero-order valence-electron chi connectivity index (χ0n) is 14.4. The molecular weight excluding hydrogens is 439 g/mol. The third kappa shape index (κ3) is 5.07. The van der Waals surface area contributed by atoms with E-state index in [4.69, 9.17) is 4.74 Å². The minimum Gasteiger partial charge on any atom is -0.439 e. The van der Waals surface area contributed by atoms with E-state index in [9.17, 15) is 18.0 Å². The predicted molar refractivity (Wildman–Crippen MR) is 100 cm³/mol. The number of anilines is 1. The number of aryl methyl sites for hydroxylation is 1. The van der Waals surface area contributed by atoms with E-state index in [-0.39, 0.29) is 23.4 Å². The van der Waals surface area contributed by atoms with Crippen LogP contribution in [0.5, 0.6) is 11.6 Å². The summed E-state index contributed by atoms with van der Waals surface area (Å²) in [6.07, 6.45) is -4.59. The van der Waals surface area contributed by atoms with Crippen molar-refractivity contribution in [3.05, 3.63) is 76.2 Å². The van der Waals surface area contributed by atoms with Gasteiger partial charge in [0.1, 0.15) is 11.6 Å². The van der Waals surface area contributed by atoms with Gasteiger partial charge in [-0.1, -0.05) is 22.0 Å². The highest BCUT2D eigenvalue weighted by atomic mass is 79.9. The number of hydrogen-bond donors (Lipinski definition) is 1. The Balaban J connectivity index is 1.71. The molecule has 0 spiro atoms. The number of alkyl halides is 3. The van der Waals surface area contributed by atoms with Crippen LogP contribution in [0.25, 0.3) is 0 Å². The molecule has 0 bridgehead atoms. The van der Waals surface area contributed by atoms with E-state index in [1.54, 1.807) is 30.3 Å². The second-order valence-corrected chi connectivity index (χ2v) is 6.64. The fourth-order valence-corrected chi connectivity index (χ4v) is 2.70. The van der Waals surface area contributed by atoms with Crippen molar-refractivity contribution in [2.75, 3.05) is 5.32 Å². The molecular formula is C19H13BrF3N3O2. The molecule has 28 heavy (non-hydrogen) atoms. The summed E-state index contributed by atoms with van der Waals surface area (Å²) >= 11 is 3.30. The van der Waals surface area contributed by atoms with Gasteiger partial charge in [-0.2, -0.15) is 18.2 Å². The molecule has 0 aliphatic rings. The van der Waals surface area contributed by atoms with Crippen LogP contribution in [0.3, 0.4) is 0 Å². The zero-order chi connectivity index (χ0) is 20.3. The van der Waals surface area contributed by atoms with E-state index < -0.39 is 11.9 Å². The molecule has 1 aromatic heterocycles. The molecule has 3 rings (SSSR count). The van der Waals surface area contributed by atoms with Crippen LogP contribution in [0.4, 0.5) is 18.9 Å². The Morgan fingerprint density at radius 1 is 1.07 bits per heavy atom. The van der Waals surface area contributed by atoms with Gasteiger partial charge in [-0.3, -0.25) is 4.79 Å². The summed E-state index contributed by atoms with van der Waals surface area (Å²) in [5.74, 6) is -0.295. The first-order valence-corrected chi connectivity index (χ1v) is 8.78. The van der Waals surface area contributed by atoms with Crippen molar-refractivity contribution in [3.63, 3.8) is 0 Å². The van der Waals surface area contributed by atoms with Gasteiger partial charge in [-0.05, 0) is 49.4 Å². The van der Waals surface area contributed by atoms with Crippen molar-refractivity contribution in [2.24, 2.45) is 0 Å². The van der Waals surface area contributed by atoms with Gasteiger partial charge < -0.3 is 10.1 Å². The van der Waals surface area contributed by atoms with Crippen molar-refractivity contribution >= 4 is 27.5 Å². The molecule has 0 aliphatic heterocycles. The van der Waals surface area contributed by atoms with Crippen LogP contribution in [0.15, 0.2) is 59.1 Å². The summed E-state index contributed by atoms with van der Waals surface area (Å²) in [5, 5.41) is 2.72. The van der Waals surface area contributed by atoms with Gasteiger partial charge in [-0.25, -0.2) is 4.98 Å². The van der Waals surface area contributed by atoms with E-state index >= 15 is 0 Å². The fourth-order valence-electron chi connectivity index (χ4n) is 2.30. The average Bonchev–Trinajstić information content (AvgIpc) is 2.62. The van der Waals surface area contributed by atoms with Crippen LogP contribution in [0.1, 0.15) is 21.9 Å². The van der Waals surface area contributed by atoms with Gasteiger partial charge in [0.05, 0.1) is 0 Å². The lowest BCUT2D eigenvalue weighted by Crippen LogP contribution is -2.11. The van der Waals surface area contributed by atoms with Gasteiger partial charge in [-0.15, -0.1) is 0 Å². The standard InChI is InChI=1S/C19H13BrF3N3O2/c1-11-24-16(19(21,22)23)10-17(25-11)28-15-7-5-14(6-8-15)26-18(27)12-3-2-4-13(20)9-12/h2-10H,1H3,(H,26,27). The Morgan fingerprint density at radius 3 is 2.43 bits per heavy atom. The summed E-state index contributed by atoms with van der Waals surface area (Å²) < 4.78 is 44.7. The quantitative estimate of drug-likeness (QED) is 0.559. The highest BCUT2D eigenvalue weighted by molar-refractivity contribution is 9.10. The largest absolute Gasteiger partial charge is 0.439 e. The van der Waals surface area contributed by atoms with Gasteiger partial charge in [0, 0.05) is 21.8 Å². The second-order valence-electron chi connectivity index (χ2n) is 5.73. The first-order valence-electron chi connectivity index (χ1n) is 7.98. The lowest BCUT2D eigenvalue weighted by molar-refractivity contribution is -0.141. The second kappa shape index (κ2) is 7.97. The van der Waals surface area contributed by atoms with E-state index in [0.717, 1.165) is 10.5 Å². The maximum Gasteiger partial charge on any atom is 0.433 e. The fraction of sp³-hybridized carbons (Fsp3) is 0.105. The number of rotatable bonds is 4. The van der Waals surface area contributed by atoms with Crippen LogP contribution in [0.2, 0.25) is 0 Å². The molecule has 0 atom stereocenters. The number of halogens is 4. The number of nitrogens with one attached hydrogen (secondary N) is 1. The first-order chi connectivity index (χ1) is 13.2. The van der Waals surface area contributed by atoms with Crippen molar-refractivity contribution < 1.29 is 22.7 Å². The van der Waals surface area contributed by atoms with Crippen molar-refractivity contribution in [2.45, 2.75) is 13.1 Å². The Kier molecular flexibility index (Phi) is 5.64. The monoisotopic (exact) mass is 451 g/mol. The minimum absolute atomic E-state index is 0.0530. The van der Waals surface area contributed by atoms with Gasteiger partial charge >= 0.3 is 6.18 Å². The molecule has 2 aromatic carbocycles. The maximum absolute atomic E-state index is 12.8. The number of benzene rings is 2. The average molecular weight is 452 g/mol. The summed E-state index contributed by atoms with van der Waals surface area (Å²) in [7, 11) is 0. The Bertz CT molecular complexity index is 1010. The number of nitrogens with zero attached hydrogens (tertiary/aromatic N) is 2. The van der Waals surface area contributed by atoms with E-state index in [1.807, 2.05) is 6.07 Å². The topological polar surface area (TPSA) is 64.1 Å². The number of ether oxygens (including phenoxy) is 1. The minimum atomic E-state index is -4.59. The number of carbonyl (C=O) groups excluding carboxylic acids is 1. The van der Waals surface area contributed by atoms with Crippen LogP contribution in [0, 0.1) is 6.92 Å². The molecule has 144 valence electrons. The van der Waals surface area contributed by atoms with Crippen LogP contribution >= 0.6 is 15.9 Å². The van der Waals surface area contributed by atoms with Crippen molar-refractivity contribution in [3.8, 4) is 11.6 Å². The Hall–Kier alpha value is -2.94. The predicted octanol–water partition coefficient (Wildman–Crippen LogP) is 5.61. The highest BCUT2D eigenvalue weighted by Crippen LogP contribution is 2.31. The Morgan fingerprint density at radius 2 is 1.79 bits per heavy atom.